The summed E-state index contributed by atoms with van der Waals surface area (Å²) >= 11 is 3.37. The molecule has 0 radical (unpaired) electrons. The molecule has 4 aromatic rings. The first-order chi connectivity index (χ1) is 13.6. The molecule has 0 spiro atoms. The van der Waals surface area contributed by atoms with Gasteiger partial charge >= 0.3 is 0 Å². The Hall–Kier alpha value is -3.19. The van der Waals surface area contributed by atoms with Crippen molar-refractivity contribution in [2.75, 3.05) is 0 Å². The van der Waals surface area contributed by atoms with Gasteiger partial charge in [-0.3, -0.25) is 9.48 Å². The summed E-state index contributed by atoms with van der Waals surface area (Å²) in [6.45, 7) is 0.346. The zero-order chi connectivity index (χ0) is 19.5. The van der Waals surface area contributed by atoms with Crippen LogP contribution in [-0.2, 0) is 13.6 Å². The van der Waals surface area contributed by atoms with E-state index in [4.69, 9.17) is 5.10 Å². The Kier molecular flexibility index (Phi) is 5.08. The fourth-order valence-electron chi connectivity index (χ4n) is 2.96. The molecule has 7 heteroatoms. The number of benzene rings is 2. The highest BCUT2D eigenvalue weighted by atomic mass is 79.9. The van der Waals surface area contributed by atoms with Crippen LogP contribution in [0.1, 0.15) is 16.1 Å². The van der Waals surface area contributed by atoms with E-state index in [1.165, 1.54) is 0 Å². The molecule has 0 unspecified atom stereocenters. The number of hydrogen-bond donors (Lipinski definition) is 1. The van der Waals surface area contributed by atoms with Crippen molar-refractivity contribution in [2.24, 2.45) is 7.05 Å². The van der Waals surface area contributed by atoms with Crippen LogP contribution in [0.2, 0.25) is 0 Å². The quantitative estimate of drug-likeness (QED) is 0.515. The second-order valence-electron chi connectivity index (χ2n) is 6.33. The van der Waals surface area contributed by atoms with Gasteiger partial charge in [0.25, 0.3) is 5.91 Å². The normalized spacial score (nSPS) is 10.8. The summed E-state index contributed by atoms with van der Waals surface area (Å²) in [5.41, 5.74) is 4.09. The third-order valence-electron chi connectivity index (χ3n) is 4.30. The highest BCUT2D eigenvalue weighted by Crippen LogP contribution is 2.24. The minimum absolute atomic E-state index is 0.237. The lowest BCUT2D eigenvalue weighted by atomic mass is 10.1. The maximum Gasteiger partial charge on any atom is 0.273 e. The molecule has 0 bridgehead atoms. The van der Waals surface area contributed by atoms with E-state index in [1.54, 1.807) is 17.9 Å². The van der Waals surface area contributed by atoms with E-state index in [0.717, 1.165) is 22.5 Å². The standard InChI is InChI=1S/C21H18BrN5O/c1-26-14-18(22)20(24-26)21(28)23-12-16-13-27(17-10-6-3-7-11-17)25-19(16)15-8-4-2-5-9-15/h2-11,13-14H,12H2,1H3,(H,23,28). The molecule has 0 atom stereocenters. The van der Waals surface area contributed by atoms with E-state index in [0.29, 0.717) is 16.7 Å². The molecule has 0 aliphatic heterocycles. The summed E-state index contributed by atoms with van der Waals surface area (Å²) in [6, 6.07) is 19.8. The molecule has 4 rings (SSSR count). The van der Waals surface area contributed by atoms with E-state index in [1.807, 2.05) is 71.5 Å². The number of aromatic nitrogens is 4. The van der Waals surface area contributed by atoms with E-state index < -0.39 is 0 Å². The van der Waals surface area contributed by atoms with Gasteiger partial charge in [0.05, 0.1) is 15.9 Å². The lowest BCUT2D eigenvalue weighted by Crippen LogP contribution is -2.23. The molecule has 1 N–H and O–H groups in total. The summed E-state index contributed by atoms with van der Waals surface area (Å²) in [5.74, 6) is -0.237. The summed E-state index contributed by atoms with van der Waals surface area (Å²) in [4.78, 5) is 12.5. The highest BCUT2D eigenvalue weighted by Gasteiger charge is 2.17. The fourth-order valence-corrected chi connectivity index (χ4v) is 3.52. The predicted molar refractivity (Wildman–Crippen MR) is 111 cm³/mol. The Morgan fingerprint density at radius 1 is 1.00 bits per heavy atom. The number of halogens is 1. The SMILES string of the molecule is Cn1cc(Br)c(C(=O)NCc2cn(-c3ccccc3)nc2-c2ccccc2)n1. The lowest BCUT2D eigenvalue weighted by Gasteiger charge is -2.04. The topological polar surface area (TPSA) is 64.7 Å². The summed E-state index contributed by atoms with van der Waals surface area (Å²) in [6.07, 6.45) is 3.70. The van der Waals surface area contributed by atoms with Crippen LogP contribution >= 0.6 is 15.9 Å². The number of rotatable bonds is 5. The van der Waals surface area contributed by atoms with Gasteiger partial charge in [-0.2, -0.15) is 10.2 Å². The average molecular weight is 436 g/mol. The van der Waals surface area contributed by atoms with Crippen molar-refractivity contribution in [1.82, 2.24) is 24.9 Å². The molecule has 28 heavy (non-hydrogen) atoms. The van der Waals surface area contributed by atoms with Crippen LogP contribution in [0.25, 0.3) is 16.9 Å². The number of aryl methyl sites for hydroxylation is 1. The van der Waals surface area contributed by atoms with Gasteiger partial charge in [-0.25, -0.2) is 4.68 Å². The van der Waals surface area contributed by atoms with Crippen molar-refractivity contribution in [3.05, 3.63) is 88.8 Å². The monoisotopic (exact) mass is 435 g/mol. The predicted octanol–water partition coefficient (Wildman–Crippen LogP) is 3.97. The zero-order valence-corrected chi connectivity index (χ0v) is 16.8. The van der Waals surface area contributed by atoms with E-state index in [-0.39, 0.29) is 5.91 Å². The smallest absolute Gasteiger partial charge is 0.273 e. The van der Waals surface area contributed by atoms with Gasteiger partial charge < -0.3 is 5.32 Å². The van der Waals surface area contributed by atoms with E-state index in [9.17, 15) is 4.79 Å². The number of amides is 1. The van der Waals surface area contributed by atoms with Crippen molar-refractivity contribution in [3.8, 4) is 16.9 Å². The third kappa shape index (κ3) is 3.75. The van der Waals surface area contributed by atoms with Crippen molar-refractivity contribution in [1.29, 1.82) is 0 Å². The molecule has 2 aromatic carbocycles. The summed E-state index contributed by atoms with van der Waals surface area (Å²) in [5, 5.41) is 11.9. The summed E-state index contributed by atoms with van der Waals surface area (Å²) in [7, 11) is 1.78. The number of hydrogen-bond acceptors (Lipinski definition) is 3. The van der Waals surface area contributed by atoms with Crippen LogP contribution in [0.5, 0.6) is 0 Å². The molecule has 1 amide bonds. The molecule has 2 aromatic heterocycles. The van der Waals surface area contributed by atoms with E-state index >= 15 is 0 Å². The Balaban J connectivity index is 1.64. The Morgan fingerprint density at radius 2 is 1.68 bits per heavy atom. The molecule has 0 aliphatic rings. The van der Waals surface area contributed by atoms with Gasteiger partial charge in [0.15, 0.2) is 5.69 Å². The second-order valence-corrected chi connectivity index (χ2v) is 7.19. The molecule has 0 saturated heterocycles. The molecular formula is C21H18BrN5O. The van der Waals surface area contributed by atoms with Crippen molar-refractivity contribution >= 4 is 21.8 Å². The molecule has 0 saturated carbocycles. The number of para-hydroxylation sites is 1. The Morgan fingerprint density at radius 3 is 2.32 bits per heavy atom. The highest BCUT2D eigenvalue weighted by molar-refractivity contribution is 9.10. The maximum atomic E-state index is 12.5. The van der Waals surface area contributed by atoms with Gasteiger partial charge in [-0.15, -0.1) is 0 Å². The van der Waals surface area contributed by atoms with Crippen LogP contribution in [0.3, 0.4) is 0 Å². The molecule has 6 nitrogen and oxygen atoms in total. The zero-order valence-electron chi connectivity index (χ0n) is 15.2. The second kappa shape index (κ2) is 7.82. The Labute approximate surface area is 170 Å². The molecule has 2 heterocycles. The first-order valence-electron chi connectivity index (χ1n) is 8.78. The van der Waals surface area contributed by atoms with Crippen LogP contribution in [0.4, 0.5) is 0 Å². The fraction of sp³-hybridized carbons (Fsp3) is 0.0952. The van der Waals surface area contributed by atoms with Gasteiger partial charge in [0, 0.05) is 37.1 Å². The Bertz CT molecular complexity index is 1100. The molecule has 0 aliphatic carbocycles. The van der Waals surface area contributed by atoms with Gasteiger partial charge in [0.2, 0.25) is 0 Å². The maximum absolute atomic E-state index is 12.5. The minimum atomic E-state index is -0.237. The number of carbonyl (C=O) groups is 1. The minimum Gasteiger partial charge on any atom is -0.346 e. The first kappa shape index (κ1) is 18.2. The molecule has 0 fully saturated rings. The molecule has 140 valence electrons. The van der Waals surface area contributed by atoms with E-state index in [2.05, 4.69) is 26.3 Å². The number of nitrogens with one attached hydrogen (secondary N) is 1. The lowest BCUT2D eigenvalue weighted by molar-refractivity contribution is 0.0944. The van der Waals surface area contributed by atoms with Crippen molar-refractivity contribution < 1.29 is 4.79 Å². The van der Waals surface area contributed by atoms with Crippen LogP contribution < -0.4 is 5.32 Å². The van der Waals surface area contributed by atoms with Crippen LogP contribution in [0, 0.1) is 0 Å². The molecular weight excluding hydrogens is 418 g/mol. The number of nitrogens with zero attached hydrogens (tertiary/aromatic N) is 4. The van der Waals surface area contributed by atoms with Crippen molar-refractivity contribution in [2.45, 2.75) is 6.54 Å². The van der Waals surface area contributed by atoms with Crippen molar-refractivity contribution in [3.63, 3.8) is 0 Å². The van der Waals surface area contributed by atoms with Gasteiger partial charge in [0.1, 0.15) is 0 Å². The average Bonchev–Trinajstić information content (AvgIpc) is 3.30. The first-order valence-corrected chi connectivity index (χ1v) is 9.58. The largest absolute Gasteiger partial charge is 0.346 e. The number of carbonyl (C=O) groups excluding carboxylic acids is 1. The van der Waals surface area contributed by atoms with Crippen LogP contribution in [-0.4, -0.2) is 25.5 Å². The van der Waals surface area contributed by atoms with Gasteiger partial charge in [-0.05, 0) is 28.1 Å². The van der Waals surface area contributed by atoms with Crippen LogP contribution in [0.15, 0.2) is 77.5 Å². The summed E-state index contributed by atoms with van der Waals surface area (Å²) < 4.78 is 4.10. The third-order valence-corrected chi connectivity index (χ3v) is 4.88. The van der Waals surface area contributed by atoms with Gasteiger partial charge in [-0.1, -0.05) is 48.5 Å².